The van der Waals surface area contributed by atoms with Crippen molar-refractivity contribution >= 4 is 11.9 Å². The summed E-state index contributed by atoms with van der Waals surface area (Å²) >= 11 is 0. The van der Waals surface area contributed by atoms with Crippen LogP contribution < -0.4 is 0 Å². The van der Waals surface area contributed by atoms with Gasteiger partial charge in [-0.1, -0.05) is 53.2 Å². The van der Waals surface area contributed by atoms with Crippen molar-refractivity contribution in [1.82, 2.24) is 0 Å². The second-order valence-electron chi connectivity index (χ2n) is 20.3. The molecule has 0 aromatic carbocycles. The molecule has 7 aliphatic rings. The molecule has 18 atom stereocenters. The molecule has 56 heavy (non-hydrogen) atoms. The monoisotopic (exact) mass is 794 g/mol. The molecule has 0 spiro atoms. The van der Waals surface area contributed by atoms with E-state index in [0.717, 1.165) is 52.1 Å². The van der Waals surface area contributed by atoms with Crippen LogP contribution in [0.25, 0.3) is 0 Å². The van der Waals surface area contributed by atoms with Crippen molar-refractivity contribution < 1.29 is 69.0 Å². The fraction of sp³-hybridized carbons (Fsp3) is 0.905. The number of aliphatic carboxylic acids is 1. The molecular weight excluding hydrogens is 728 g/mol. The highest BCUT2D eigenvalue weighted by Crippen LogP contribution is 2.76. The van der Waals surface area contributed by atoms with E-state index < -0.39 is 84.2 Å². The first-order valence-electron chi connectivity index (χ1n) is 20.7. The van der Waals surface area contributed by atoms with Crippen molar-refractivity contribution in [2.45, 2.75) is 167 Å². The van der Waals surface area contributed by atoms with Gasteiger partial charge in [0, 0.05) is 5.41 Å². The van der Waals surface area contributed by atoms with Crippen LogP contribution >= 0.6 is 0 Å². The maximum atomic E-state index is 13.0. The Morgan fingerprint density at radius 1 is 0.821 bits per heavy atom. The molecule has 2 heterocycles. The average molecular weight is 795 g/mol. The van der Waals surface area contributed by atoms with Crippen molar-refractivity contribution in [2.24, 2.45) is 50.2 Å². The number of allylic oxidation sites excluding steroid dienone is 2. The van der Waals surface area contributed by atoms with Gasteiger partial charge in [-0.15, -0.1) is 0 Å². The van der Waals surface area contributed by atoms with E-state index in [1.807, 2.05) is 6.92 Å². The Bertz CT molecular complexity index is 1550. The normalized spacial score (nSPS) is 52.7. The number of hydrogen-bond acceptors (Lipinski definition) is 13. The zero-order valence-electron chi connectivity index (χ0n) is 34.1. The van der Waals surface area contributed by atoms with Gasteiger partial charge in [0.05, 0.1) is 31.8 Å². The minimum Gasteiger partial charge on any atom is -0.481 e. The van der Waals surface area contributed by atoms with Crippen LogP contribution in [0.1, 0.15) is 106 Å². The Labute approximate surface area is 329 Å². The second kappa shape index (κ2) is 14.5. The Morgan fingerprint density at radius 2 is 1.52 bits per heavy atom. The number of methoxy groups -OCH3 is 1. The summed E-state index contributed by atoms with van der Waals surface area (Å²) in [4.78, 5) is 25.3. The molecule has 7 N–H and O–H groups in total. The minimum absolute atomic E-state index is 0.0183. The molecule has 0 aromatic heterocycles. The van der Waals surface area contributed by atoms with Crippen molar-refractivity contribution in [3.05, 3.63) is 11.6 Å². The predicted octanol–water partition coefficient (Wildman–Crippen LogP) is 2.67. The van der Waals surface area contributed by atoms with Crippen LogP contribution in [0.5, 0.6) is 0 Å². The van der Waals surface area contributed by atoms with Crippen molar-refractivity contribution in [1.29, 1.82) is 0 Å². The van der Waals surface area contributed by atoms with Gasteiger partial charge in [-0.3, -0.25) is 4.79 Å². The third-order valence-corrected chi connectivity index (χ3v) is 17.2. The van der Waals surface area contributed by atoms with Gasteiger partial charge >= 0.3 is 11.9 Å². The number of carbonyl (C=O) groups excluding carboxylic acids is 1. The van der Waals surface area contributed by atoms with Gasteiger partial charge < -0.3 is 59.4 Å². The Hall–Kier alpha value is -1.72. The lowest BCUT2D eigenvalue weighted by molar-refractivity contribution is -0.354. The van der Waals surface area contributed by atoms with Gasteiger partial charge in [0.25, 0.3) is 0 Å². The quantitative estimate of drug-likeness (QED) is 0.112. The van der Waals surface area contributed by atoms with Gasteiger partial charge in [-0.25, -0.2) is 4.79 Å². The van der Waals surface area contributed by atoms with E-state index in [0.29, 0.717) is 19.3 Å². The maximum Gasteiger partial charge on any atom is 0.337 e. The molecule has 14 heteroatoms. The number of rotatable bonds is 7. The van der Waals surface area contributed by atoms with E-state index in [4.69, 9.17) is 18.9 Å². The van der Waals surface area contributed by atoms with E-state index in [-0.39, 0.29) is 52.6 Å². The lowest BCUT2D eigenvalue weighted by atomic mass is 9.33. The smallest absolute Gasteiger partial charge is 0.337 e. The molecule has 4 saturated carbocycles. The van der Waals surface area contributed by atoms with Gasteiger partial charge in [0.2, 0.25) is 0 Å². The number of hydrogen-bond donors (Lipinski definition) is 7. The van der Waals surface area contributed by atoms with Crippen molar-refractivity contribution in [2.75, 3.05) is 20.3 Å². The first kappa shape index (κ1) is 42.4. The molecule has 1 unspecified atom stereocenters. The highest BCUT2D eigenvalue weighted by Gasteiger charge is 2.70. The van der Waals surface area contributed by atoms with E-state index in [9.17, 15) is 45.3 Å². The first-order valence-corrected chi connectivity index (χ1v) is 20.7. The lowest BCUT2D eigenvalue weighted by Gasteiger charge is -2.71. The van der Waals surface area contributed by atoms with Crippen molar-refractivity contribution in [3.63, 3.8) is 0 Å². The third-order valence-electron chi connectivity index (χ3n) is 17.2. The van der Waals surface area contributed by atoms with Gasteiger partial charge in [-0.2, -0.15) is 0 Å². The molecular formula is C42H66O14. The summed E-state index contributed by atoms with van der Waals surface area (Å²) in [7, 11) is 1.07. The van der Waals surface area contributed by atoms with Crippen molar-refractivity contribution in [3.8, 4) is 0 Å². The summed E-state index contributed by atoms with van der Waals surface area (Å²) in [6.07, 6.45) is -4.68. The van der Waals surface area contributed by atoms with Crippen LogP contribution in [-0.4, -0.2) is 129 Å². The Morgan fingerprint density at radius 3 is 2.18 bits per heavy atom. The average Bonchev–Trinajstić information content (AvgIpc) is 3.14. The molecule has 14 nitrogen and oxygen atoms in total. The molecule has 318 valence electrons. The number of aliphatic hydroxyl groups excluding tert-OH is 6. The molecule has 0 radical (unpaired) electrons. The Kier molecular flexibility index (Phi) is 11.0. The summed E-state index contributed by atoms with van der Waals surface area (Å²) < 4.78 is 28.3. The highest BCUT2D eigenvalue weighted by atomic mass is 16.7. The molecule has 0 amide bonds. The number of aliphatic hydroxyl groups is 6. The van der Waals surface area contributed by atoms with E-state index in [1.165, 1.54) is 5.57 Å². The van der Waals surface area contributed by atoms with Crippen LogP contribution in [0, 0.1) is 50.2 Å². The minimum atomic E-state index is -1.84. The van der Waals surface area contributed by atoms with Gasteiger partial charge in [0.1, 0.15) is 36.6 Å². The van der Waals surface area contributed by atoms with E-state index in [2.05, 4.69) is 45.4 Å². The van der Waals surface area contributed by atoms with Gasteiger partial charge in [0.15, 0.2) is 18.7 Å². The predicted molar refractivity (Wildman–Crippen MR) is 198 cm³/mol. The number of carboxylic acid groups (broad SMARTS) is 1. The fourth-order valence-corrected chi connectivity index (χ4v) is 13.5. The number of fused-ring (bicyclic) bond motifs is 7. The second-order valence-corrected chi connectivity index (χ2v) is 20.3. The zero-order valence-corrected chi connectivity index (χ0v) is 34.1. The maximum absolute atomic E-state index is 13.0. The topological polar surface area (TPSA) is 222 Å². The summed E-state index contributed by atoms with van der Waals surface area (Å²) in [6.45, 7) is 13.4. The molecule has 0 aromatic rings. The van der Waals surface area contributed by atoms with Crippen LogP contribution in [0.2, 0.25) is 0 Å². The Balaban J connectivity index is 1.11. The first-order chi connectivity index (χ1) is 26.1. The molecule has 0 bridgehead atoms. The fourth-order valence-electron chi connectivity index (χ4n) is 13.5. The van der Waals surface area contributed by atoms with Gasteiger partial charge in [-0.05, 0) is 104 Å². The zero-order chi connectivity index (χ0) is 41.0. The van der Waals surface area contributed by atoms with E-state index >= 15 is 0 Å². The number of ether oxygens (including phenoxy) is 5. The van der Waals surface area contributed by atoms with Crippen LogP contribution in [0.15, 0.2) is 11.6 Å². The standard InChI is InChI=1S/C42H66O14/c1-37(2)14-16-42(36(50)51)17-15-40(5)21(22(42)18-37)8-9-25-38(3)12-11-26(39(4,20-43)24(38)10-13-41(25,40)6)54-34-30(48)31(23(44)19-53-34)55-35-29(47)27(45)28(46)32(56-35)33(49)52-7/h8,22-32,34-35,43-48H,9-20H2,1-7H3,(H,50,51)/t22-,23-,24?,25+,26-,27-,28-,29+,30+,31-,32-,34-,35+,38-,39-,40+,41+,42-/m0/s1. The highest BCUT2D eigenvalue weighted by molar-refractivity contribution is 5.77. The summed E-state index contributed by atoms with van der Waals surface area (Å²) in [6, 6.07) is 0. The summed E-state index contributed by atoms with van der Waals surface area (Å²) in [5.41, 5.74) is -0.404. The summed E-state index contributed by atoms with van der Waals surface area (Å²) in [5, 5.41) is 75.7. The molecule has 5 aliphatic carbocycles. The number of esters is 1. The molecule has 7 rings (SSSR count). The van der Waals surface area contributed by atoms with Crippen LogP contribution in [-0.2, 0) is 33.3 Å². The SMILES string of the molecule is COC(=O)[C@H]1O[C@@H](O[C@@H]2[C@@H](O)[C@H](O[C@H]3CC[C@@]4(C)C(CC[C@]5(C)[C@@H]4CC=C4[C@@H]6CC(C)(C)CC[C@]6(C(=O)O)CC[C@]45C)[C@]3(C)CO)OC[C@@H]2O)[C@H](O)[C@@H](O)[C@@H]1O. The molecule has 6 fully saturated rings. The number of carbonyl (C=O) groups is 2. The third kappa shape index (κ3) is 6.17. The molecule has 2 aliphatic heterocycles. The summed E-state index contributed by atoms with van der Waals surface area (Å²) in [5.74, 6) is -1.29. The number of carboxylic acids is 1. The lowest BCUT2D eigenvalue weighted by Crippen LogP contribution is -2.67. The largest absolute Gasteiger partial charge is 0.481 e. The molecule has 2 saturated heterocycles. The van der Waals surface area contributed by atoms with Crippen LogP contribution in [0.3, 0.4) is 0 Å². The van der Waals surface area contributed by atoms with E-state index in [1.54, 1.807) is 0 Å². The van der Waals surface area contributed by atoms with Crippen LogP contribution in [0.4, 0.5) is 0 Å².